The van der Waals surface area contributed by atoms with E-state index in [4.69, 9.17) is 9.47 Å². The average molecular weight is 243 g/mol. The molecule has 0 bridgehead atoms. The Balaban J connectivity index is 2.27. The van der Waals surface area contributed by atoms with Gasteiger partial charge < -0.3 is 19.9 Å². The van der Waals surface area contributed by atoms with Gasteiger partial charge in [-0.05, 0) is 32.2 Å². The number of nitrogens with one attached hydrogen (secondary N) is 1. The van der Waals surface area contributed by atoms with Gasteiger partial charge in [-0.3, -0.25) is 4.79 Å². The Morgan fingerprint density at radius 1 is 1.35 bits per heavy atom. The van der Waals surface area contributed by atoms with E-state index in [1.165, 1.54) is 7.11 Å². The van der Waals surface area contributed by atoms with Crippen molar-refractivity contribution in [3.8, 4) is 0 Å². The van der Waals surface area contributed by atoms with Gasteiger partial charge in [-0.2, -0.15) is 0 Å². The van der Waals surface area contributed by atoms with E-state index in [2.05, 4.69) is 5.32 Å². The minimum Gasteiger partial charge on any atom is -0.469 e. The molecule has 2 aliphatic rings. The van der Waals surface area contributed by atoms with Gasteiger partial charge in [-0.15, -0.1) is 0 Å². The van der Waals surface area contributed by atoms with Crippen molar-refractivity contribution in [2.75, 3.05) is 33.4 Å². The van der Waals surface area contributed by atoms with Crippen LogP contribution in [0.1, 0.15) is 25.7 Å². The highest BCUT2D eigenvalue weighted by Gasteiger charge is 2.57. The first-order chi connectivity index (χ1) is 8.15. The summed E-state index contributed by atoms with van der Waals surface area (Å²) in [6, 6.07) is 0. The summed E-state index contributed by atoms with van der Waals surface area (Å²) >= 11 is 0. The van der Waals surface area contributed by atoms with Gasteiger partial charge in [0, 0.05) is 19.8 Å². The van der Waals surface area contributed by atoms with Crippen molar-refractivity contribution >= 4 is 5.97 Å². The van der Waals surface area contributed by atoms with Crippen LogP contribution in [0.2, 0.25) is 0 Å². The van der Waals surface area contributed by atoms with Crippen LogP contribution in [-0.2, 0) is 14.3 Å². The van der Waals surface area contributed by atoms with Gasteiger partial charge >= 0.3 is 5.97 Å². The molecule has 0 radical (unpaired) electrons. The molecule has 2 rings (SSSR count). The molecule has 0 aromatic heterocycles. The van der Waals surface area contributed by atoms with Crippen LogP contribution in [-0.4, -0.2) is 50.1 Å². The maximum absolute atomic E-state index is 12.1. The highest BCUT2D eigenvalue weighted by Crippen LogP contribution is 2.45. The largest absolute Gasteiger partial charge is 0.469 e. The van der Waals surface area contributed by atoms with Crippen LogP contribution in [0.3, 0.4) is 0 Å². The number of methoxy groups -OCH3 is 1. The van der Waals surface area contributed by atoms with Crippen molar-refractivity contribution in [2.24, 2.45) is 5.41 Å². The Hall–Kier alpha value is -0.650. The fourth-order valence-corrected chi connectivity index (χ4v) is 3.07. The molecule has 0 aliphatic carbocycles. The van der Waals surface area contributed by atoms with E-state index in [1.807, 2.05) is 0 Å². The van der Waals surface area contributed by atoms with E-state index in [0.717, 1.165) is 13.0 Å². The molecule has 2 saturated heterocycles. The Morgan fingerprint density at radius 3 is 2.59 bits per heavy atom. The van der Waals surface area contributed by atoms with E-state index < -0.39 is 11.0 Å². The number of rotatable bonds is 2. The summed E-state index contributed by atoms with van der Waals surface area (Å²) in [5, 5.41) is 14.0. The summed E-state index contributed by atoms with van der Waals surface area (Å²) < 4.78 is 10.2. The second kappa shape index (κ2) is 4.92. The zero-order valence-electron chi connectivity index (χ0n) is 10.3. The third-order valence-corrected chi connectivity index (χ3v) is 4.17. The number of esters is 1. The molecule has 2 aliphatic heterocycles. The minimum absolute atomic E-state index is 0.299. The Labute approximate surface area is 101 Å². The average Bonchev–Trinajstić information content (AvgIpc) is 2.39. The van der Waals surface area contributed by atoms with E-state index in [1.54, 1.807) is 0 Å². The van der Waals surface area contributed by atoms with E-state index in [-0.39, 0.29) is 5.97 Å². The lowest BCUT2D eigenvalue weighted by Crippen LogP contribution is -2.62. The maximum Gasteiger partial charge on any atom is 0.314 e. The molecule has 0 aromatic carbocycles. The number of hydrogen-bond donors (Lipinski definition) is 2. The van der Waals surface area contributed by atoms with Crippen LogP contribution in [0.5, 0.6) is 0 Å². The van der Waals surface area contributed by atoms with Crippen LogP contribution in [0.4, 0.5) is 0 Å². The first-order valence-corrected chi connectivity index (χ1v) is 6.24. The lowest BCUT2D eigenvalue weighted by molar-refractivity contribution is -0.190. The van der Waals surface area contributed by atoms with Crippen molar-refractivity contribution < 1.29 is 19.4 Å². The second-order valence-electron chi connectivity index (χ2n) is 5.00. The molecule has 5 nitrogen and oxygen atoms in total. The molecule has 2 N–H and O–H groups in total. The summed E-state index contributed by atoms with van der Waals surface area (Å²) in [7, 11) is 1.39. The maximum atomic E-state index is 12.1. The third kappa shape index (κ3) is 2.07. The first kappa shape index (κ1) is 12.8. The smallest absolute Gasteiger partial charge is 0.314 e. The molecule has 0 spiro atoms. The molecule has 0 amide bonds. The summed E-state index contributed by atoms with van der Waals surface area (Å²) in [5.41, 5.74) is -1.80. The van der Waals surface area contributed by atoms with Crippen LogP contribution in [0.15, 0.2) is 0 Å². The van der Waals surface area contributed by atoms with Gasteiger partial charge in [0.15, 0.2) is 0 Å². The van der Waals surface area contributed by atoms with E-state index in [0.29, 0.717) is 39.0 Å². The lowest BCUT2D eigenvalue weighted by Gasteiger charge is -2.48. The zero-order chi connectivity index (χ0) is 12.4. The Morgan fingerprint density at radius 2 is 2.06 bits per heavy atom. The molecule has 2 heterocycles. The zero-order valence-corrected chi connectivity index (χ0v) is 10.3. The molecule has 5 heteroatoms. The van der Waals surface area contributed by atoms with Crippen LogP contribution >= 0.6 is 0 Å². The molecule has 1 unspecified atom stereocenters. The summed E-state index contributed by atoms with van der Waals surface area (Å²) in [6.07, 6.45) is 2.61. The van der Waals surface area contributed by atoms with Gasteiger partial charge in [-0.25, -0.2) is 0 Å². The molecule has 1 atom stereocenters. The van der Waals surface area contributed by atoms with Gasteiger partial charge in [0.05, 0.1) is 12.7 Å². The van der Waals surface area contributed by atoms with Gasteiger partial charge in [0.2, 0.25) is 0 Å². The van der Waals surface area contributed by atoms with Gasteiger partial charge in [0.1, 0.15) is 5.41 Å². The summed E-state index contributed by atoms with van der Waals surface area (Å²) in [6.45, 7) is 2.38. The molecule has 2 fully saturated rings. The quantitative estimate of drug-likeness (QED) is 0.672. The summed E-state index contributed by atoms with van der Waals surface area (Å²) in [5.74, 6) is -0.299. The highest BCUT2D eigenvalue weighted by atomic mass is 16.5. The third-order valence-electron chi connectivity index (χ3n) is 4.17. The number of ether oxygens (including phenoxy) is 2. The summed E-state index contributed by atoms with van der Waals surface area (Å²) in [4.78, 5) is 12.1. The molecule has 0 saturated carbocycles. The number of piperidine rings is 1. The standard InChI is InChI=1S/C12H21NO4/c1-16-10(14)11(4-7-17-8-5-11)12(15)3-2-6-13-9-12/h13,15H,2-9H2,1H3. The van der Waals surface area contributed by atoms with Crippen LogP contribution in [0.25, 0.3) is 0 Å². The fraction of sp³-hybridized carbons (Fsp3) is 0.917. The Bertz CT molecular complexity index is 280. The Kier molecular flexibility index (Phi) is 3.70. The predicted molar refractivity (Wildman–Crippen MR) is 61.6 cm³/mol. The monoisotopic (exact) mass is 243 g/mol. The van der Waals surface area contributed by atoms with E-state index >= 15 is 0 Å². The highest BCUT2D eigenvalue weighted by molar-refractivity contribution is 5.78. The minimum atomic E-state index is -0.998. The normalized spacial score (nSPS) is 33.1. The molecule has 0 aromatic rings. The number of carbonyl (C=O) groups excluding carboxylic acids is 1. The molecular formula is C12H21NO4. The second-order valence-corrected chi connectivity index (χ2v) is 5.00. The topological polar surface area (TPSA) is 67.8 Å². The number of hydrogen-bond acceptors (Lipinski definition) is 5. The van der Waals surface area contributed by atoms with Gasteiger partial charge in [0.25, 0.3) is 0 Å². The van der Waals surface area contributed by atoms with Crippen molar-refractivity contribution in [2.45, 2.75) is 31.3 Å². The van der Waals surface area contributed by atoms with Crippen molar-refractivity contribution in [3.63, 3.8) is 0 Å². The molecule has 98 valence electrons. The number of β-amino-alcohol motifs (C(OH)–C–C–N with tert-alkyl or cyclic N) is 1. The number of carbonyl (C=O) groups is 1. The van der Waals surface area contributed by atoms with Gasteiger partial charge in [-0.1, -0.05) is 0 Å². The molecular weight excluding hydrogens is 222 g/mol. The first-order valence-electron chi connectivity index (χ1n) is 6.24. The molecule has 17 heavy (non-hydrogen) atoms. The fourth-order valence-electron chi connectivity index (χ4n) is 3.07. The SMILES string of the molecule is COC(=O)C1(C2(O)CCCNC2)CCOCC1. The predicted octanol–water partition coefficient (Wildman–Crippen LogP) is 0.0707. The van der Waals surface area contributed by atoms with Crippen molar-refractivity contribution in [3.05, 3.63) is 0 Å². The number of aliphatic hydroxyl groups is 1. The van der Waals surface area contributed by atoms with Crippen LogP contribution in [0, 0.1) is 5.41 Å². The van der Waals surface area contributed by atoms with Crippen molar-refractivity contribution in [1.82, 2.24) is 5.32 Å². The van der Waals surface area contributed by atoms with Crippen LogP contribution < -0.4 is 5.32 Å². The van der Waals surface area contributed by atoms with Crippen molar-refractivity contribution in [1.29, 1.82) is 0 Å². The van der Waals surface area contributed by atoms with E-state index in [9.17, 15) is 9.90 Å². The lowest BCUT2D eigenvalue weighted by atomic mass is 9.64.